The highest BCUT2D eigenvalue weighted by Crippen LogP contribution is 2.47. The van der Waals surface area contributed by atoms with Crippen LogP contribution in [0.4, 0.5) is 0 Å². The maximum absolute atomic E-state index is 9.79. The molecule has 2 saturated heterocycles. The molecule has 17 heavy (non-hydrogen) atoms. The molecule has 2 N–H and O–H groups in total. The fourth-order valence-corrected chi connectivity index (χ4v) is 2.68. The van der Waals surface area contributed by atoms with Gasteiger partial charge in [-0.25, -0.2) is 0 Å². The molecule has 2 aliphatic rings. The van der Waals surface area contributed by atoms with Crippen LogP contribution >= 0.6 is 0 Å². The van der Waals surface area contributed by atoms with Crippen molar-refractivity contribution in [3.05, 3.63) is 0 Å². The van der Waals surface area contributed by atoms with Crippen molar-refractivity contribution >= 4 is 0 Å². The maximum Gasteiger partial charge on any atom is 0.187 e. The van der Waals surface area contributed by atoms with Gasteiger partial charge in [-0.2, -0.15) is 0 Å². The summed E-state index contributed by atoms with van der Waals surface area (Å²) in [6.07, 6.45) is -2.73. The Balaban J connectivity index is 2.27. The van der Waals surface area contributed by atoms with Gasteiger partial charge in [-0.05, 0) is 20.8 Å². The van der Waals surface area contributed by atoms with Crippen LogP contribution in [-0.4, -0.2) is 59.9 Å². The van der Waals surface area contributed by atoms with E-state index < -0.39 is 42.6 Å². The van der Waals surface area contributed by atoms with Crippen molar-refractivity contribution in [3.63, 3.8) is 0 Å². The molecule has 0 bridgehead atoms. The summed E-state index contributed by atoms with van der Waals surface area (Å²) in [5.74, 6) is -0.757. The first-order valence-electron chi connectivity index (χ1n) is 5.69. The molecule has 5 atom stereocenters. The third-order valence-electron chi connectivity index (χ3n) is 3.30. The highest BCUT2D eigenvalue weighted by Gasteiger charge is 2.65. The lowest BCUT2D eigenvalue weighted by atomic mass is 9.91. The minimum absolute atomic E-state index is 0.396. The molecule has 2 rings (SSSR count). The molecule has 6 heteroatoms. The van der Waals surface area contributed by atoms with Crippen LogP contribution in [-0.2, 0) is 18.9 Å². The number of methoxy groups -OCH3 is 1. The van der Waals surface area contributed by atoms with E-state index in [4.69, 9.17) is 24.1 Å². The minimum atomic E-state index is -1.03. The number of ether oxygens (including phenoxy) is 4. The summed E-state index contributed by atoms with van der Waals surface area (Å²) in [6.45, 7) is 5.00. The molecule has 0 aromatic carbocycles. The predicted molar refractivity (Wildman–Crippen MR) is 57.2 cm³/mol. The first-order chi connectivity index (χ1) is 7.84. The molecule has 6 nitrogen and oxygen atoms in total. The molecular formula is C11H20O6. The highest BCUT2D eigenvalue weighted by molar-refractivity contribution is 5.07. The largest absolute Gasteiger partial charge is 0.394 e. The Morgan fingerprint density at radius 3 is 2.53 bits per heavy atom. The molecule has 0 aromatic rings. The third-order valence-corrected chi connectivity index (χ3v) is 3.30. The van der Waals surface area contributed by atoms with Crippen LogP contribution in [0.1, 0.15) is 20.8 Å². The van der Waals surface area contributed by atoms with Gasteiger partial charge in [0.25, 0.3) is 0 Å². The molecule has 0 aromatic heterocycles. The quantitative estimate of drug-likeness (QED) is 0.709. The summed E-state index contributed by atoms with van der Waals surface area (Å²) in [5.41, 5.74) is -0.827. The van der Waals surface area contributed by atoms with Crippen LogP contribution in [0.15, 0.2) is 0 Å². The minimum Gasteiger partial charge on any atom is -0.394 e. The van der Waals surface area contributed by atoms with E-state index in [0.717, 1.165) is 0 Å². The summed E-state index contributed by atoms with van der Waals surface area (Å²) in [5, 5.41) is 18.8. The molecule has 0 radical (unpaired) electrons. The van der Waals surface area contributed by atoms with Gasteiger partial charge in [-0.1, -0.05) is 0 Å². The lowest BCUT2D eigenvalue weighted by Gasteiger charge is -2.31. The molecule has 100 valence electrons. The van der Waals surface area contributed by atoms with Gasteiger partial charge in [-0.15, -0.1) is 0 Å². The van der Waals surface area contributed by atoms with Gasteiger partial charge in [0.05, 0.1) is 6.61 Å². The summed E-state index contributed by atoms with van der Waals surface area (Å²) in [7, 11) is 1.51. The van der Waals surface area contributed by atoms with Gasteiger partial charge in [0.2, 0.25) is 0 Å². The van der Waals surface area contributed by atoms with E-state index in [0.29, 0.717) is 0 Å². The third kappa shape index (κ3) is 1.99. The van der Waals surface area contributed by atoms with Crippen molar-refractivity contribution in [1.82, 2.24) is 0 Å². The van der Waals surface area contributed by atoms with Crippen LogP contribution in [0.2, 0.25) is 0 Å². The number of aliphatic hydroxyl groups excluding tert-OH is 2. The van der Waals surface area contributed by atoms with Crippen molar-refractivity contribution in [2.45, 2.75) is 56.8 Å². The highest BCUT2D eigenvalue weighted by atomic mass is 16.8. The molecule has 0 saturated carbocycles. The summed E-state index contributed by atoms with van der Waals surface area (Å²) in [6, 6.07) is 0. The van der Waals surface area contributed by atoms with E-state index in [1.54, 1.807) is 20.8 Å². The van der Waals surface area contributed by atoms with E-state index in [2.05, 4.69) is 0 Å². The maximum atomic E-state index is 9.79. The first-order valence-corrected chi connectivity index (χ1v) is 5.69. The zero-order chi connectivity index (χ0) is 12.8. The Bertz CT molecular complexity index is 294. The Hall–Kier alpha value is -0.240. The van der Waals surface area contributed by atoms with Crippen molar-refractivity contribution in [3.8, 4) is 0 Å². The molecule has 0 unspecified atom stereocenters. The van der Waals surface area contributed by atoms with Crippen LogP contribution in [0.25, 0.3) is 0 Å². The second-order valence-electron chi connectivity index (χ2n) is 5.13. The Morgan fingerprint density at radius 2 is 2.00 bits per heavy atom. The fourth-order valence-electron chi connectivity index (χ4n) is 2.68. The van der Waals surface area contributed by atoms with Gasteiger partial charge < -0.3 is 29.2 Å². The van der Waals surface area contributed by atoms with E-state index in [1.807, 2.05) is 0 Å². The number of fused-ring (bicyclic) bond motifs is 1. The second kappa shape index (κ2) is 4.15. The SMILES string of the molecule is CO[C@H]1O[C@H]([C@H](O)CO)[C@]2(C)OC(C)(C)O[C@H]12. The molecule has 0 amide bonds. The van der Waals surface area contributed by atoms with Gasteiger partial charge >= 0.3 is 0 Å². The monoisotopic (exact) mass is 248 g/mol. The number of hydrogen-bond donors (Lipinski definition) is 2. The smallest absolute Gasteiger partial charge is 0.187 e. The lowest BCUT2D eigenvalue weighted by Crippen LogP contribution is -2.50. The zero-order valence-electron chi connectivity index (χ0n) is 10.5. The molecule has 2 aliphatic heterocycles. The zero-order valence-corrected chi connectivity index (χ0v) is 10.5. The van der Waals surface area contributed by atoms with E-state index in [9.17, 15) is 5.11 Å². The Morgan fingerprint density at radius 1 is 1.35 bits per heavy atom. The average molecular weight is 248 g/mol. The predicted octanol–water partition coefficient (Wildman–Crippen LogP) is -0.379. The van der Waals surface area contributed by atoms with Crippen molar-refractivity contribution in [2.24, 2.45) is 0 Å². The first kappa shape index (κ1) is 13.2. The Kier molecular flexibility index (Phi) is 3.22. The molecular weight excluding hydrogens is 228 g/mol. The van der Waals surface area contributed by atoms with E-state index in [1.165, 1.54) is 7.11 Å². The van der Waals surface area contributed by atoms with Crippen LogP contribution < -0.4 is 0 Å². The van der Waals surface area contributed by atoms with Crippen molar-refractivity contribution in [1.29, 1.82) is 0 Å². The van der Waals surface area contributed by atoms with E-state index >= 15 is 0 Å². The van der Waals surface area contributed by atoms with Gasteiger partial charge in [-0.3, -0.25) is 0 Å². The molecule has 0 spiro atoms. The molecule has 2 heterocycles. The van der Waals surface area contributed by atoms with Crippen LogP contribution in [0, 0.1) is 0 Å². The number of hydrogen-bond acceptors (Lipinski definition) is 6. The molecule has 2 fully saturated rings. The van der Waals surface area contributed by atoms with Crippen molar-refractivity contribution in [2.75, 3.05) is 13.7 Å². The summed E-state index contributed by atoms with van der Waals surface area (Å²) >= 11 is 0. The summed E-state index contributed by atoms with van der Waals surface area (Å²) in [4.78, 5) is 0. The second-order valence-corrected chi connectivity index (χ2v) is 5.13. The number of aliphatic hydroxyl groups is 2. The normalized spacial score (nSPS) is 45.9. The molecule has 0 aliphatic carbocycles. The van der Waals surface area contributed by atoms with Crippen LogP contribution in [0.3, 0.4) is 0 Å². The lowest BCUT2D eigenvalue weighted by molar-refractivity contribution is -0.247. The fraction of sp³-hybridized carbons (Fsp3) is 1.00. The van der Waals surface area contributed by atoms with Gasteiger partial charge in [0.15, 0.2) is 12.1 Å². The van der Waals surface area contributed by atoms with Gasteiger partial charge in [0, 0.05) is 7.11 Å². The van der Waals surface area contributed by atoms with Gasteiger partial charge in [0.1, 0.15) is 23.9 Å². The topological polar surface area (TPSA) is 77.4 Å². The Labute approximate surface area is 100 Å². The standard InChI is InChI=1S/C11H20O6/c1-10(2)16-8-9(14-4)15-7(6(13)5-12)11(8,3)17-10/h6-9,12-13H,5H2,1-4H3/t6-,7-,8-,9+,11+/m1/s1. The van der Waals surface area contributed by atoms with Crippen LogP contribution in [0.5, 0.6) is 0 Å². The summed E-state index contributed by atoms with van der Waals surface area (Å²) < 4.78 is 22.3. The van der Waals surface area contributed by atoms with E-state index in [-0.39, 0.29) is 0 Å². The average Bonchev–Trinajstić information content (AvgIpc) is 2.63. The van der Waals surface area contributed by atoms with Crippen molar-refractivity contribution < 1.29 is 29.2 Å². The number of rotatable bonds is 3.